The molecule has 1 amide bonds. The van der Waals surface area contributed by atoms with E-state index in [-0.39, 0.29) is 11.8 Å². The summed E-state index contributed by atoms with van der Waals surface area (Å²) in [4.78, 5) is 11.3. The lowest BCUT2D eigenvalue weighted by Crippen LogP contribution is -2.49. The standard InChI is InChI=1S/C11H22N2O/c1-8(2)11(14)13-12-10-7-5-4-6-9(10)3/h8-10,12H,4-7H2,1-3H3,(H,13,14). The van der Waals surface area contributed by atoms with E-state index in [1.54, 1.807) is 0 Å². The molecule has 0 aromatic carbocycles. The zero-order valence-corrected chi connectivity index (χ0v) is 9.47. The monoisotopic (exact) mass is 198 g/mol. The van der Waals surface area contributed by atoms with Crippen molar-refractivity contribution in [2.75, 3.05) is 0 Å². The lowest BCUT2D eigenvalue weighted by Gasteiger charge is -2.29. The fourth-order valence-electron chi connectivity index (χ4n) is 1.84. The predicted octanol–water partition coefficient (Wildman–Crippen LogP) is 1.84. The molecule has 14 heavy (non-hydrogen) atoms. The minimum absolute atomic E-state index is 0.0568. The molecule has 82 valence electrons. The minimum atomic E-state index is 0.0568. The van der Waals surface area contributed by atoms with E-state index >= 15 is 0 Å². The van der Waals surface area contributed by atoms with Gasteiger partial charge in [-0.15, -0.1) is 0 Å². The Bertz CT molecular complexity index is 192. The lowest BCUT2D eigenvalue weighted by atomic mass is 9.86. The van der Waals surface area contributed by atoms with Crippen molar-refractivity contribution in [3.05, 3.63) is 0 Å². The van der Waals surface area contributed by atoms with Crippen molar-refractivity contribution in [1.82, 2.24) is 10.9 Å². The number of hydrogen-bond donors (Lipinski definition) is 2. The summed E-state index contributed by atoms with van der Waals surface area (Å²) in [6, 6.07) is 0.464. The van der Waals surface area contributed by atoms with Gasteiger partial charge in [-0.3, -0.25) is 10.2 Å². The Labute approximate surface area is 86.6 Å². The summed E-state index contributed by atoms with van der Waals surface area (Å²) in [6.45, 7) is 6.06. The summed E-state index contributed by atoms with van der Waals surface area (Å²) in [7, 11) is 0. The Hall–Kier alpha value is -0.570. The van der Waals surface area contributed by atoms with Crippen molar-refractivity contribution in [2.24, 2.45) is 11.8 Å². The maximum atomic E-state index is 11.3. The van der Waals surface area contributed by atoms with Gasteiger partial charge in [0, 0.05) is 12.0 Å². The number of carbonyl (C=O) groups is 1. The Morgan fingerprint density at radius 3 is 2.50 bits per heavy atom. The van der Waals surface area contributed by atoms with Crippen LogP contribution in [0.3, 0.4) is 0 Å². The molecule has 2 unspecified atom stereocenters. The van der Waals surface area contributed by atoms with Crippen LogP contribution in [-0.2, 0) is 4.79 Å². The van der Waals surface area contributed by atoms with Crippen LogP contribution in [-0.4, -0.2) is 11.9 Å². The van der Waals surface area contributed by atoms with Crippen LogP contribution in [0.5, 0.6) is 0 Å². The number of hydrazine groups is 1. The molecule has 0 aromatic rings. The topological polar surface area (TPSA) is 41.1 Å². The van der Waals surface area contributed by atoms with E-state index in [4.69, 9.17) is 0 Å². The van der Waals surface area contributed by atoms with Crippen molar-refractivity contribution in [3.8, 4) is 0 Å². The summed E-state index contributed by atoms with van der Waals surface area (Å²) >= 11 is 0. The Morgan fingerprint density at radius 2 is 1.93 bits per heavy atom. The van der Waals surface area contributed by atoms with E-state index in [0.717, 1.165) is 0 Å². The first-order valence-corrected chi connectivity index (χ1v) is 5.66. The molecular formula is C11H22N2O. The van der Waals surface area contributed by atoms with Gasteiger partial charge < -0.3 is 0 Å². The molecule has 1 saturated carbocycles. The van der Waals surface area contributed by atoms with E-state index in [1.165, 1.54) is 25.7 Å². The number of nitrogens with one attached hydrogen (secondary N) is 2. The summed E-state index contributed by atoms with van der Waals surface area (Å²) in [6.07, 6.45) is 5.06. The van der Waals surface area contributed by atoms with Crippen LogP contribution in [0.25, 0.3) is 0 Å². The average molecular weight is 198 g/mol. The molecule has 0 radical (unpaired) electrons. The summed E-state index contributed by atoms with van der Waals surface area (Å²) in [5.74, 6) is 0.820. The first-order chi connectivity index (χ1) is 6.61. The summed E-state index contributed by atoms with van der Waals surface area (Å²) in [5, 5.41) is 0. The fourth-order valence-corrected chi connectivity index (χ4v) is 1.84. The second-order valence-corrected chi connectivity index (χ2v) is 4.66. The van der Waals surface area contributed by atoms with Crippen LogP contribution in [0.2, 0.25) is 0 Å². The number of carbonyl (C=O) groups excluding carboxylic acids is 1. The highest BCUT2D eigenvalue weighted by molar-refractivity contribution is 5.77. The Balaban J connectivity index is 2.26. The van der Waals surface area contributed by atoms with Crippen LogP contribution in [0.4, 0.5) is 0 Å². The van der Waals surface area contributed by atoms with Crippen LogP contribution in [0, 0.1) is 11.8 Å². The zero-order chi connectivity index (χ0) is 10.6. The quantitative estimate of drug-likeness (QED) is 0.679. The van der Waals surface area contributed by atoms with E-state index < -0.39 is 0 Å². The highest BCUT2D eigenvalue weighted by Gasteiger charge is 2.21. The van der Waals surface area contributed by atoms with E-state index in [0.29, 0.717) is 12.0 Å². The summed E-state index contributed by atoms with van der Waals surface area (Å²) < 4.78 is 0. The molecule has 0 aliphatic heterocycles. The molecule has 2 atom stereocenters. The highest BCUT2D eigenvalue weighted by atomic mass is 16.2. The van der Waals surface area contributed by atoms with Crippen LogP contribution >= 0.6 is 0 Å². The number of rotatable bonds is 3. The highest BCUT2D eigenvalue weighted by Crippen LogP contribution is 2.23. The second-order valence-electron chi connectivity index (χ2n) is 4.66. The SMILES string of the molecule is CC(C)C(=O)NNC1CCCCC1C. The molecular weight excluding hydrogens is 176 g/mol. The third-order valence-corrected chi connectivity index (χ3v) is 3.02. The first-order valence-electron chi connectivity index (χ1n) is 5.66. The van der Waals surface area contributed by atoms with Gasteiger partial charge in [0.1, 0.15) is 0 Å². The van der Waals surface area contributed by atoms with E-state index in [9.17, 15) is 4.79 Å². The van der Waals surface area contributed by atoms with Gasteiger partial charge in [-0.25, -0.2) is 5.43 Å². The van der Waals surface area contributed by atoms with E-state index in [1.807, 2.05) is 13.8 Å². The number of hydrogen-bond acceptors (Lipinski definition) is 2. The largest absolute Gasteiger partial charge is 0.291 e. The van der Waals surface area contributed by atoms with Crippen molar-refractivity contribution >= 4 is 5.91 Å². The maximum absolute atomic E-state index is 11.3. The Morgan fingerprint density at radius 1 is 1.29 bits per heavy atom. The van der Waals surface area contributed by atoms with Gasteiger partial charge in [-0.1, -0.05) is 33.6 Å². The normalized spacial score (nSPS) is 27.7. The van der Waals surface area contributed by atoms with Gasteiger partial charge in [-0.2, -0.15) is 0 Å². The van der Waals surface area contributed by atoms with Gasteiger partial charge in [0.2, 0.25) is 5.91 Å². The average Bonchev–Trinajstić information content (AvgIpc) is 2.16. The third-order valence-electron chi connectivity index (χ3n) is 3.02. The van der Waals surface area contributed by atoms with Crippen LogP contribution < -0.4 is 10.9 Å². The van der Waals surface area contributed by atoms with Crippen molar-refractivity contribution in [3.63, 3.8) is 0 Å². The maximum Gasteiger partial charge on any atom is 0.236 e. The fraction of sp³-hybridized carbons (Fsp3) is 0.909. The zero-order valence-electron chi connectivity index (χ0n) is 9.47. The minimum Gasteiger partial charge on any atom is -0.291 e. The molecule has 0 saturated heterocycles. The van der Waals surface area contributed by atoms with Gasteiger partial charge in [0.15, 0.2) is 0 Å². The molecule has 2 N–H and O–H groups in total. The van der Waals surface area contributed by atoms with Gasteiger partial charge in [0.05, 0.1) is 0 Å². The Kier molecular flexibility index (Phi) is 4.39. The molecule has 1 fully saturated rings. The molecule has 1 aliphatic carbocycles. The van der Waals surface area contributed by atoms with Gasteiger partial charge >= 0.3 is 0 Å². The first kappa shape index (κ1) is 11.5. The summed E-state index contributed by atoms with van der Waals surface area (Å²) in [5.41, 5.74) is 5.95. The van der Waals surface area contributed by atoms with Gasteiger partial charge in [0.25, 0.3) is 0 Å². The molecule has 3 heteroatoms. The van der Waals surface area contributed by atoms with Gasteiger partial charge in [-0.05, 0) is 18.8 Å². The number of amides is 1. The second kappa shape index (κ2) is 5.35. The van der Waals surface area contributed by atoms with Crippen molar-refractivity contribution < 1.29 is 4.79 Å². The molecule has 0 bridgehead atoms. The smallest absolute Gasteiger partial charge is 0.236 e. The molecule has 3 nitrogen and oxygen atoms in total. The van der Waals surface area contributed by atoms with Crippen molar-refractivity contribution in [2.45, 2.75) is 52.5 Å². The van der Waals surface area contributed by atoms with Crippen LogP contribution in [0.1, 0.15) is 46.5 Å². The molecule has 1 aliphatic rings. The lowest BCUT2D eigenvalue weighted by molar-refractivity contribution is -0.125. The molecule has 1 rings (SSSR count). The van der Waals surface area contributed by atoms with Crippen LogP contribution in [0.15, 0.2) is 0 Å². The molecule has 0 heterocycles. The molecule has 0 spiro atoms. The van der Waals surface area contributed by atoms with Crippen molar-refractivity contribution in [1.29, 1.82) is 0 Å². The third kappa shape index (κ3) is 3.29. The molecule has 0 aromatic heterocycles. The predicted molar refractivity (Wildman–Crippen MR) is 57.5 cm³/mol. The van der Waals surface area contributed by atoms with E-state index in [2.05, 4.69) is 17.8 Å².